The number of hydrogen-bond donors (Lipinski definition) is 1. The Morgan fingerprint density at radius 2 is 2.06 bits per heavy atom. The number of methoxy groups -OCH3 is 1. The summed E-state index contributed by atoms with van der Waals surface area (Å²) in [5, 5.41) is 11.3. The third kappa shape index (κ3) is 4.52. The number of nitrogens with zero attached hydrogens (tertiary/aromatic N) is 3. The Labute approximate surface area is 193 Å². The maximum absolute atomic E-state index is 13.0. The van der Waals surface area contributed by atoms with Crippen LogP contribution in [0.3, 0.4) is 0 Å². The normalized spacial score (nSPS) is 23.8. The number of aryl methyl sites for hydroxylation is 1. The number of morpholine rings is 1. The lowest BCUT2D eigenvalue weighted by Gasteiger charge is -2.49. The fourth-order valence-electron chi connectivity index (χ4n) is 4.30. The van der Waals surface area contributed by atoms with E-state index in [1.807, 2.05) is 4.90 Å². The van der Waals surface area contributed by atoms with Crippen LogP contribution >= 0.6 is 11.6 Å². The summed E-state index contributed by atoms with van der Waals surface area (Å²) in [6, 6.07) is 6.86. The second-order valence-electron chi connectivity index (χ2n) is 8.12. The number of ether oxygens (including phenoxy) is 2. The van der Waals surface area contributed by atoms with Crippen molar-refractivity contribution in [2.45, 2.75) is 24.9 Å². The van der Waals surface area contributed by atoms with E-state index in [4.69, 9.17) is 21.1 Å². The zero-order chi connectivity index (χ0) is 24.0. The molecule has 0 radical (unpaired) electrons. The van der Waals surface area contributed by atoms with Gasteiger partial charge in [-0.25, -0.2) is 4.98 Å². The zero-order valence-corrected chi connectivity index (χ0v) is 18.8. The Morgan fingerprint density at radius 3 is 2.73 bits per heavy atom. The second-order valence-corrected chi connectivity index (χ2v) is 8.50. The number of benzene rings is 1. The molecule has 2 aliphatic heterocycles. The lowest BCUT2D eigenvalue weighted by atomic mass is 9.98. The minimum absolute atomic E-state index is 0.0484. The molecule has 2 saturated heterocycles. The molecule has 33 heavy (non-hydrogen) atoms. The van der Waals surface area contributed by atoms with Crippen LogP contribution in [0.5, 0.6) is 5.75 Å². The van der Waals surface area contributed by atoms with Crippen LogP contribution in [0.1, 0.15) is 27.3 Å². The van der Waals surface area contributed by atoms with E-state index in [0.717, 1.165) is 6.07 Å². The van der Waals surface area contributed by atoms with Crippen LogP contribution in [-0.4, -0.2) is 71.7 Å². The number of piperazine rings is 1. The molecule has 1 aromatic heterocycles. The molecule has 7 nitrogen and oxygen atoms in total. The first-order chi connectivity index (χ1) is 15.5. The number of aliphatic hydroxyl groups is 1. The van der Waals surface area contributed by atoms with Gasteiger partial charge in [0.25, 0.3) is 5.91 Å². The van der Waals surface area contributed by atoms with Crippen molar-refractivity contribution in [3.63, 3.8) is 0 Å². The molecule has 0 spiro atoms. The molecule has 0 saturated carbocycles. The highest BCUT2D eigenvalue weighted by molar-refractivity contribution is 6.35. The fourth-order valence-corrected chi connectivity index (χ4v) is 4.58. The van der Waals surface area contributed by atoms with Gasteiger partial charge in [0.2, 0.25) is 5.79 Å². The molecule has 0 unspecified atom stereocenters. The lowest BCUT2D eigenvalue weighted by molar-refractivity contribution is -0.266. The summed E-state index contributed by atoms with van der Waals surface area (Å²) in [5.41, 5.74) is -0.448. The van der Waals surface area contributed by atoms with Crippen molar-refractivity contribution >= 4 is 17.5 Å². The van der Waals surface area contributed by atoms with E-state index < -0.39 is 17.7 Å². The standard InChI is InChI=1S/C22H23ClF3N3O4/c1-13-16(6-7-18(27-13)22(24,25)26)21(31)12-29-9-8-28(10-14(29)11-33-21)20(30)15-4-3-5-17(32-2)19(15)23/h3-7,14,31H,8-12H2,1-2H3/t14-,21-/m0/s1. The number of pyridine rings is 1. The van der Waals surface area contributed by atoms with Gasteiger partial charge in [0.05, 0.1) is 36.9 Å². The van der Waals surface area contributed by atoms with E-state index in [9.17, 15) is 23.1 Å². The third-order valence-corrected chi connectivity index (χ3v) is 6.42. The highest BCUT2D eigenvalue weighted by atomic mass is 35.5. The van der Waals surface area contributed by atoms with Gasteiger partial charge in [-0.2, -0.15) is 13.2 Å². The fraction of sp³-hybridized carbons (Fsp3) is 0.455. The van der Waals surface area contributed by atoms with Gasteiger partial charge in [-0.15, -0.1) is 0 Å². The van der Waals surface area contributed by atoms with E-state index in [0.29, 0.717) is 30.9 Å². The molecule has 3 heterocycles. The molecule has 0 aliphatic carbocycles. The van der Waals surface area contributed by atoms with E-state index in [2.05, 4.69) is 4.98 Å². The SMILES string of the molecule is COc1cccc(C(=O)N2CCN3C[C@@](O)(c4ccc(C(F)(F)F)nc4C)OC[C@@H]3C2)c1Cl. The number of halogens is 4. The van der Waals surface area contributed by atoms with Gasteiger partial charge in [-0.1, -0.05) is 17.7 Å². The number of aromatic nitrogens is 1. The third-order valence-electron chi connectivity index (χ3n) is 6.03. The Kier molecular flexibility index (Phi) is 6.30. The summed E-state index contributed by atoms with van der Waals surface area (Å²) in [6.45, 7) is 2.75. The van der Waals surface area contributed by atoms with Crippen LogP contribution in [0, 0.1) is 6.92 Å². The van der Waals surface area contributed by atoms with Crippen LogP contribution in [0.2, 0.25) is 5.02 Å². The summed E-state index contributed by atoms with van der Waals surface area (Å²) >= 11 is 6.30. The lowest BCUT2D eigenvalue weighted by Crippen LogP contribution is -2.63. The van der Waals surface area contributed by atoms with E-state index >= 15 is 0 Å². The monoisotopic (exact) mass is 485 g/mol. The molecule has 1 amide bonds. The van der Waals surface area contributed by atoms with Crippen molar-refractivity contribution in [2.75, 3.05) is 39.9 Å². The molecule has 11 heteroatoms. The molecule has 2 fully saturated rings. The zero-order valence-electron chi connectivity index (χ0n) is 18.0. The largest absolute Gasteiger partial charge is 0.495 e. The van der Waals surface area contributed by atoms with Crippen LogP contribution in [0.25, 0.3) is 0 Å². The molecule has 2 aliphatic rings. The predicted octanol–water partition coefficient (Wildman–Crippen LogP) is 3.07. The van der Waals surface area contributed by atoms with Gasteiger partial charge in [-0.3, -0.25) is 9.69 Å². The van der Waals surface area contributed by atoms with Gasteiger partial charge >= 0.3 is 6.18 Å². The average Bonchev–Trinajstić information content (AvgIpc) is 2.77. The molecular weight excluding hydrogens is 463 g/mol. The first-order valence-corrected chi connectivity index (χ1v) is 10.7. The van der Waals surface area contributed by atoms with Gasteiger partial charge < -0.3 is 19.5 Å². The van der Waals surface area contributed by atoms with Crippen LogP contribution in [0.4, 0.5) is 13.2 Å². The summed E-state index contributed by atoms with van der Waals surface area (Å²) in [6.07, 6.45) is -4.57. The van der Waals surface area contributed by atoms with Crippen molar-refractivity contribution in [2.24, 2.45) is 0 Å². The van der Waals surface area contributed by atoms with Crippen LogP contribution in [-0.2, 0) is 16.7 Å². The molecule has 2 atom stereocenters. The number of alkyl halides is 3. The van der Waals surface area contributed by atoms with Crippen LogP contribution in [0.15, 0.2) is 30.3 Å². The molecule has 178 valence electrons. The first kappa shape index (κ1) is 23.7. The number of hydrogen-bond acceptors (Lipinski definition) is 6. The summed E-state index contributed by atoms with van der Waals surface area (Å²) in [7, 11) is 1.47. The Balaban J connectivity index is 1.48. The first-order valence-electron chi connectivity index (χ1n) is 10.3. The molecule has 2 aromatic rings. The van der Waals surface area contributed by atoms with Crippen molar-refractivity contribution in [3.05, 3.63) is 57.9 Å². The Hall–Kier alpha value is -2.40. The highest BCUT2D eigenvalue weighted by Crippen LogP contribution is 2.35. The van der Waals surface area contributed by atoms with Crippen molar-refractivity contribution in [3.8, 4) is 5.75 Å². The molecule has 1 N–H and O–H groups in total. The van der Waals surface area contributed by atoms with Crippen molar-refractivity contribution in [1.29, 1.82) is 0 Å². The van der Waals surface area contributed by atoms with E-state index in [-0.39, 0.29) is 41.4 Å². The summed E-state index contributed by atoms with van der Waals surface area (Å²) in [4.78, 5) is 20.3. The topological polar surface area (TPSA) is 75.1 Å². The summed E-state index contributed by atoms with van der Waals surface area (Å²) in [5.74, 6) is -1.62. The van der Waals surface area contributed by atoms with Crippen molar-refractivity contribution < 1.29 is 32.5 Å². The number of fused-ring (bicyclic) bond motifs is 1. The molecule has 1 aromatic carbocycles. The number of carbonyl (C=O) groups excluding carboxylic acids is 1. The van der Waals surface area contributed by atoms with Crippen molar-refractivity contribution in [1.82, 2.24) is 14.8 Å². The second kappa shape index (κ2) is 8.75. The average molecular weight is 486 g/mol. The van der Waals surface area contributed by atoms with Gasteiger partial charge in [0.15, 0.2) is 0 Å². The number of rotatable bonds is 3. The quantitative estimate of drug-likeness (QED) is 0.720. The van der Waals surface area contributed by atoms with Gasteiger partial charge in [0, 0.05) is 30.9 Å². The van der Waals surface area contributed by atoms with E-state index in [1.165, 1.54) is 20.1 Å². The Morgan fingerprint density at radius 1 is 1.30 bits per heavy atom. The Bertz CT molecular complexity index is 1070. The minimum Gasteiger partial charge on any atom is -0.495 e. The maximum Gasteiger partial charge on any atom is 0.433 e. The van der Waals surface area contributed by atoms with E-state index in [1.54, 1.807) is 23.1 Å². The van der Waals surface area contributed by atoms with Gasteiger partial charge in [-0.05, 0) is 31.2 Å². The minimum atomic E-state index is -4.57. The summed E-state index contributed by atoms with van der Waals surface area (Å²) < 4.78 is 49.7. The maximum atomic E-state index is 13.0. The smallest absolute Gasteiger partial charge is 0.433 e. The number of amides is 1. The molecule has 4 rings (SSSR count). The molecular formula is C22H23ClF3N3O4. The van der Waals surface area contributed by atoms with Crippen LogP contribution < -0.4 is 4.74 Å². The predicted molar refractivity (Wildman–Crippen MR) is 113 cm³/mol. The van der Waals surface area contributed by atoms with Gasteiger partial charge in [0.1, 0.15) is 11.4 Å². The molecule has 0 bridgehead atoms. The highest BCUT2D eigenvalue weighted by Gasteiger charge is 2.45. The number of carbonyl (C=O) groups is 1.